The molecule has 0 amide bonds. The number of ether oxygens (including phenoxy) is 1. The van der Waals surface area contributed by atoms with Crippen LogP contribution in [0.3, 0.4) is 0 Å². The van der Waals surface area contributed by atoms with E-state index >= 15 is 0 Å². The first-order chi connectivity index (χ1) is 10.7. The van der Waals surface area contributed by atoms with Crippen molar-refractivity contribution in [3.05, 3.63) is 46.7 Å². The largest absolute Gasteiger partial charge is 0.458 e. The smallest absolute Gasteiger partial charge is 0.328 e. The molecule has 112 valence electrons. The van der Waals surface area contributed by atoms with E-state index in [1.165, 1.54) is 22.3 Å². The monoisotopic (exact) mass is 335 g/mol. The molecule has 0 spiro atoms. The molecule has 0 radical (unpaired) electrons. The van der Waals surface area contributed by atoms with E-state index < -0.39 is 5.97 Å². The number of hydrogen-bond donors (Lipinski definition) is 0. The van der Waals surface area contributed by atoms with Gasteiger partial charge in [0.05, 0.1) is 5.69 Å². The number of tetrazole rings is 1. The van der Waals surface area contributed by atoms with E-state index in [1.807, 2.05) is 29.6 Å². The number of carbonyl (C=O) groups is 1. The second kappa shape index (κ2) is 6.63. The maximum absolute atomic E-state index is 11.6. The SMILES string of the molecule is O=C(Cn1cnnn1)OCc1csc(-c2ccc(Cl)cc2)n1. The molecule has 3 rings (SSSR count). The van der Waals surface area contributed by atoms with Crippen molar-refractivity contribution < 1.29 is 9.53 Å². The van der Waals surface area contributed by atoms with Gasteiger partial charge >= 0.3 is 5.97 Å². The Morgan fingerprint density at radius 3 is 2.86 bits per heavy atom. The van der Waals surface area contributed by atoms with Gasteiger partial charge in [0, 0.05) is 16.0 Å². The van der Waals surface area contributed by atoms with Crippen molar-refractivity contribution in [3.8, 4) is 10.6 Å². The molecule has 0 aliphatic heterocycles. The van der Waals surface area contributed by atoms with Crippen molar-refractivity contribution in [2.45, 2.75) is 13.2 Å². The zero-order chi connectivity index (χ0) is 15.4. The van der Waals surface area contributed by atoms with Gasteiger partial charge in [-0.15, -0.1) is 16.4 Å². The fourth-order valence-corrected chi connectivity index (χ4v) is 2.62. The lowest BCUT2D eigenvalue weighted by Gasteiger charge is -2.01. The molecule has 0 aliphatic carbocycles. The molecular formula is C13H10ClN5O2S. The van der Waals surface area contributed by atoms with Crippen molar-refractivity contribution in [3.63, 3.8) is 0 Å². The highest BCUT2D eigenvalue weighted by molar-refractivity contribution is 7.13. The topological polar surface area (TPSA) is 82.8 Å². The van der Waals surface area contributed by atoms with E-state index in [1.54, 1.807) is 0 Å². The molecule has 22 heavy (non-hydrogen) atoms. The number of hydrogen-bond acceptors (Lipinski definition) is 7. The van der Waals surface area contributed by atoms with Crippen LogP contribution in [0.15, 0.2) is 36.0 Å². The summed E-state index contributed by atoms with van der Waals surface area (Å²) < 4.78 is 6.43. The van der Waals surface area contributed by atoms with Gasteiger partial charge in [-0.2, -0.15) is 0 Å². The van der Waals surface area contributed by atoms with Gasteiger partial charge in [0.25, 0.3) is 0 Å². The lowest BCUT2D eigenvalue weighted by Crippen LogP contribution is -2.14. The number of nitrogens with zero attached hydrogens (tertiary/aromatic N) is 5. The van der Waals surface area contributed by atoms with Crippen molar-refractivity contribution >= 4 is 28.9 Å². The predicted octanol–water partition coefficient (Wildman–Crippen LogP) is 2.19. The maximum atomic E-state index is 11.6. The van der Waals surface area contributed by atoms with Crippen molar-refractivity contribution in [1.82, 2.24) is 25.2 Å². The summed E-state index contributed by atoms with van der Waals surface area (Å²) in [6.07, 6.45) is 1.35. The lowest BCUT2D eigenvalue weighted by atomic mass is 10.2. The van der Waals surface area contributed by atoms with Gasteiger partial charge in [-0.3, -0.25) is 4.79 Å². The molecule has 0 N–H and O–H groups in total. The number of thiazole rings is 1. The Hall–Kier alpha value is -2.32. The van der Waals surface area contributed by atoms with Gasteiger partial charge < -0.3 is 4.74 Å². The molecule has 9 heteroatoms. The maximum Gasteiger partial charge on any atom is 0.328 e. The number of rotatable bonds is 5. The van der Waals surface area contributed by atoms with Crippen LogP contribution in [0, 0.1) is 0 Å². The van der Waals surface area contributed by atoms with Crippen molar-refractivity contribution in [2.75, 3.05) is 0 Å². The summed E-state index contributed by atoms with van der Waals surface area (Å²) in [5.74, 6) is -0.423. The molecule has 7 nitrogen and oxygen atoms in total. The van der Waals surface area contributed by atoms with Crippen molar-refractivity contribution in [1.29, 1.82) is 0 Å². The summed E-state index contributed by atoms with van der Waals surface area (Å²) >= 11 is 7.34. The molecule has 0 fully saturated rings. The van der Waals surface area contributed by atoms with Gasteiger partial charge in [0.15, 0.2) is 0 Å². The molecule has 3 aromatic rings. The number of esters is 1. The average molecular weight is 336 g/mol. The Kier molecular flexibility index (Phi) is 4.40. The Morgan fingerprint density at radius 2 is 2.14 bits per heavy atom. The first-order valence-corrected chi connectivity index (χ1v) is 7.53. The zero-order valence-electron chi connectivity index (χ0n) is 11.2. The quantitative estimate of drug-likeness (QED) is 0.665. The van der Waals surface area contributed by atoms with Crippen molar-refractivity contribution in [2.24, 2.45) is 0 Å². The van der Waals surface area contributed by atoms with E-state index in [-0.39, 0.29) is 13.2 Å². The highest BCUT2D eigenvalue weighted by Gasteiger charge is 2.09. The van der Waals surface area contributed by atoms with Crippen LogP contribution in [0.5, 0.6) is 0 Å². The Morgan fingerprint density at radius 1 is 1.32 bits per heavy atom. The molecule has 0 aliphatic rings. The first-order valence-electron chi connectivity index (χ1n) is 6.27. The third-order valence-electron chi connectivity index (χ3n) is 2.71. The second-order valence-corrected chi connectivity index (χ2v) is 5.61. The Bertz CT molecular complexity index is 757. The van der Waals surface area contributed by atoms with Gasteiger partial charge in [-0.25, -0.2) is 9.67 Å². The normalized spacial score (nSPS) is 10.6. The second-order valence-electron chi connectivity index (χ2n) is 4.32. The van der Waals surface area contributed by atoms with Gasteiger partial charge in [0.1, 0.15) is 24.5 Å². The van der Waals surface area contributed by atoms with E-state index in [4.69, 9.17) is 16.3 Å². The van der Waals surface area contributed by atoms with Crippen LogP contribution in [0.25, 0.3) is 10.6 Å². The Labute approximate surface area is 134 Å². The molecule has 2 aromatic heterocycles. The molecule has 0 bridgehead atoms. The molecule has 0 unspecified atom stereocenters. The summed E-state index contributed by atoms with van der Waals surface area (Å²) in [5, 5.41) is 13.9. The van der Waals surface area contributed by atoms with Crippen LogP contribution >= 0.6 is 22.9 Å². The number of carbonyl (C=O) groups excluding carboxylic acids is 1. The molecule has 0 saturated carbocycles. The molecular weight excluding hydrogens is 326 g/mol. The highest BCUT2D eigenvalue weighted by atomic mass is 35.5. The number of benzene rings is 1. The summed E-state index contributed by atoms with van der Waals surface area (Å²) in [7, 11) is 0. The summed E-state index contributed by atoms with van der Waals surface area (Å²) in [6, 6.07) is 7.41. The fraction of sp³-hybridized carbons (Fsp3) is 0.154. The summed E-state index contributed by atoms with van der Waals surface area (Å²) in [5.41, 5.74) is 1.67. The minimum atomic E-state index is -0.423. The third-order valence-corrected chi connectivity index (χ3v) is 3.90. The number of halogens is 1. The van der Waals surface area contributed by atoms with E-state index in [0.29, 0.717) is 10.7 Å². The van der Waals surface area contributed by atoms with Crippen LogP contribution in [0.1, 0.15) is 5.69 Å². The van der Waals surface area contributed by atoms with Gasteiger partial charge in [-0.1, -0.05) is 23.7 Å². The van der Waals surface area contributed by atoms with E-state index in [9.17, 15) is 4.79 Å². The molecule has 1 aromatic carbocycles. The van der Waals surface area contributed by atoms with Crippen LogP contribution in [0.4, 0.5) is 0 Å². The Balaban J connectivity index is 1.57. The minimum Gasteiger partial charge on any atom is -0.458 e. The summed E-state index contributed by atoms with van der Waals surface area (Å²) in [6.45, 7) is 0.0895. The van der Waals surface area contributed by atoms with Crippen LogP contribution < -0.4 is 0 Å². The molecule has 2 heterocycles. The first kappa shape index (κ1) is 14.6. The van der Waals surface area contributed by atoms with Crippen LogP contribution in [0.2, 0.25) is 5.02 Å². The average Bonchev–Trinajstić information content (AvgIpc) is 3.17. The standard InChI is InChI=1S/C13H10ClN5O2S/c14-10-3-1-9(2-4-10)13-16-11(7-22-13)6-21-12(20)5-19-8-15-17-18-19/h1-4,7-8H,5-6H2. The molecule has 0 atom stereocenters. The minimum absolute atomic E-state index is 0.0266. The van der Waals surface area contributed by atoms with Gasteiger partial charge in [-0.05, 0) is 22.6 Å². The molecule has 0 saturated heterocycles. The van der Waals surface area contributed by atoms with Crippen LogP contribution in [-0.2, 0) is 22.7 Å². The third kappa shape index (κ3) is 3.66. The summed E-state index contributed by atoms with van der Waals surface area (Å²) in [4.78, 5) is 16.1. The predicted molar refractivity (Wildman–Crippen MR) is 80.2 cm³/mol. The lowest BCUT2D eigenvalue weighted by molar-refractivity contribution is -0.146. The fourth-order valence-electron chi connectivity index (χ4n) is 1.68. The van der Waals surface area contributed by atoms with Gasteiger partial charge in [0.2, 0.25) is 0 Å². The van der Waals surface area contributed by atoms with Crippen LogP contribution in [-0.4, -0.2) is 31.2 Å². The number of aromatic nitrogens is 5. The zero-order valence-corrected chi connectivity index (χ0v) is 12.8. The van der Waals surface area contributed by atoms with E-state index in [0.717, 1.165) is 10.6 Å². The van der Waals surface area contributed by atoms with E-state index in [2.05, 4.69) is 20.5 Å². The highest BCUT2D eigenvalue weighted by Crippen LogP contribution is 2.25.